The first-order valence-corrected chi connectivity index (χ1v) is 11.0. The summed E-state index contributed by atoms with van der Waals surface area (Å²) in [6, 6.07) is 9.77. The lowest BCUT2D eigenvalue weighted by Crippen LogP contribution is -2.38. The molecule has 3 heterocycles. The third-order valence-electron chi connectivity index (χ3n) is 5.84. The second-order valence-corrected chi connectivity index (χ2v) is 8.26. The first kappa shape index (κ1) is 22.4. The summed E-state index contributed by atoms with van der Waals surface area (Å²) in [5, 5.41) is 7.39. The number of hydrogen-bond acceptors (Lipinski definition) is 7. The minimum absolute atomic E-state index is 0.231. The van der Waals surface area contributed by atoms with Crippen LogP contribution in [0.25, 0.3) is 5.69 Å². The lowest BCUT2D eigenvalue weighted by molar-refractivity contribution is -0.152. The molecule has 0 aliphatic carbocycles. The van der Waals surface area contributed by atoms with Crippen molar-refractivity contribution in [1.82, 2.24) is 19.7 Å². The lowest BCUT2D eigenvalue weighted by atomic mass is 9.97. The van der Waals surface area contributed by atoms with Gasteiger partial charge in [0.2, 0.25) is 5.95 Å². The zero-order valence-electron chi connectivity index (χ0n) is 19.1. The molecule has 4 rings (SSSR count). The van der Waals surface area contributed by atoms with E-state index in [1.54, 1.807) is 23.1 Å². The maximum absolute atomic E-state index is 12.5. The van der Waals surface area contributed by atoms with Crippen LogP contribution in [0.1, 0.15) is 29.8 Å². The van der Waals surface area contributed by atoms with Gasteiger partial charge in [0.1, 0.15) is 0 Å². The molecule has 1 saturated heterocycles. The number of nitrogens with one attached hydrogen (secondary N) is 1. The second kappa shape index (κ2) is 9.81. The van der Waals surface area contributed by atoms with Crippen LogP contribution in [0.2, 0.25) is 0 Å². The first-order valence-electron chi connectivity index (χ1n) is 11.0. The maximum atomic E-state index is 12.5. The van der Waals surface area contributed by atoms with Crippen molar-refractivity contribution in [3.63, 3.8) is 0 Å². The van der Waals surface area contributed by atoms with E-state index in [9.17, 15) is 9.59 Å². The molecule has 9 heteroatoms. The Labute approximate surface area is 192 Å². The maximum Gasteiger partial charge on any atom is 0.309 e. The summed E-state index contributed by atoms with van der Waals surface area (Å²) in [5.41, 5.74) is 4.22. The highest BCUT2D eigenvalue weighted by Crippen LogP contribution is 2.24. The standard InChI is InChI=1S/C24H28N6O3/c1-16-5-7-20(8-6-16)30-18(3)22(17(2)28-30)27-21(31)15-33-23(32)19-9-13-29(14-10-19)24-25-11-4-12-26-24/h4-8,11-12,19H,9-10,13-15H2,1-3H3,(H,27,31). The van der Waals surface area contributed by atoms with Gasteiger partial charge in [0.25, 0.3) is 5.91 Å². The van der Waals surface area contributed by atoms with Gasteiger partial charge in [0, 0.05) is 25.5 Å². The molecule has 1 aliphatic heterocycles. The van der Waals surface area contributed by atoms with Gasteiger partial charge in [-0.15, -0.1) is 0 Å². The molecular formula is C24H28N6O3. The van der Waals surface area contributed by atoms with Crippen molar-refractivity contribution in [2.24, 2.45) is 5.92 Å². The predicted octanol–water partition coefficient (Wildman–Crippen LogP) is 2.99. The fourth-order valence-corrected chi connectivity index (χ4v) is 3.96. The Morgan fingerprint density at radius 3 is 2.39 bits per heavy atom. The van der Waals surface area contributed by atoms with E-state index in [0.29, 0.717) is 43.3 Å². The molecule has 172 valence electrons. The molecule has 1 fully saturated rings. The van der Waals surface area contributed by atoms with Gasteiger partial charge in [-0.3, -0.25) is 9.59 Å². The molecule has 0 atom stereocenters. The van der Waals surface area contributed by atoms with E-state index in [2.05, 4.69) is 20.4 Å². The topological polar surface area (TPSA) is 102 Å². The number of hydrogen-bond donors (Lipinski definition) is 1. The van der Waals surface area contributed by atoms with Crippen molar-refractivity contribution in [1.29, 1.82) is 0 Å². The van der Waals surface area contributed by atoms with E-state index in [0.717, 1.165) is 16.9 Å². The minimum Gasteiger partial charge on any atom is -0.455 e. The Morgan fingerprint density at radius 2 is 1.73 bits per heavy atom. The number of nitrogens with zero attached hydrogens (tertiary/aromatic N) is 5. The van der Waals surface area contributed by atoms with Crippen molar-refractivity contribution in [3.8, 4) is 5.69 Å². The number of esters is 1. The molecule has 0 saturated carbocycles. The average Bonchev–Trinajstić information content (AvgIpc) is 3.12. The Bertz CT molecular complexity index is 1120. The molecule has 9 nitrogen and oxygen atoms in total. The van der Waals surface area contributed by atoms with Crippen LogP contribution in [0.3, 0.4) is 0 Å². The van der Waals surface area contributed by atoms with E-state index in [4.69, 9.17) is 4.74 Å². The number of aromatic nitrogens is 4. The number of carbonyl (C=O) groups is 2. The highest BCUT2D eigenvalue weighted by Gasteiger charge is 2.28. The van der Waals surface area contributed by atoms with E-state index in [1.165, 1.54) is 0 Å². The van der Waals surface area contributed by atoms with Crippen LogP contribution in [-0.2, 0) is 14.3 Å². The van der Waals surface area contributed by atoms with Crippen molar-refractivity contribution < 1.29 is 14.3 Å². The molecule has 3 aromatic rings. The molecule has 2 aromatic heterocycles. The summed E-state index contributed by atoms with van der Waals surface area (Å²) in [5.74, 6) is -0.290. The molecule has 0 unspecified atom stereocenters. The Hall–Kier alpha value is -3.75. The summed E-state index contributed by atoms with van der Waals surface area (Å²) in [7, 11) is 0. The average molecular weight is 449 g/mol. The van der Waals surface area contributed by atoms with Gasteiger partial charge in [0.05, 0.1) is 28.7 Å². The summed E-state index contributed by atoms with van der Waals surface area (Å²) in [6.45, 7) is 6.78. The molecule has 1 aliphatic rings. The van der Waals surface area contributed by atoms with Crippen molar-refractivity contribution in [2.75, 3.05) is 29.9 Å². The molecule has 0 bridgehead atoms. The summed E-state index contributed by atoms with van der Waals surface area (Å²) in [4.78, 5) is 35.5. The Balaban J connectivity index is 1.29. The van der Waals surface area contributed by atoms with Gasteiger partial charge in [-0.05, 0) is 51.8 Å². The number of rotatable bonds is 6. The van der Waals surface area contributed by atoms with Crippen LogP contribution in [0.5, 0.6) is 0 Å². The van der Waals surface area contributed by atoms with Crippen LogP contribution < -0.4 is 10.2 Å². The van der Waals surface area contributed by atoms with Crippen molar-refractivity contribution in [3.05, 3.63) is 59.7 Å². The Morgan fingerprint density at radius 1 is 1.06 bits per heavy atom. The van der Waals surface area contributed by atoms with Crippen molar-refractivity contribution in [2.45, 2.75) is 33.6 Å². The third-order valence-corrected chi connectivity index (χ3v) is 5.84. The zero-order chi connectivity index (χ0) is 23.4. The molecule has 1 aromatic carbocycles. The van der Waals surface area contributed by atoms with Crippen LogP contribution in [-0.4, -0.2) is 51.3 Å². The lowest BCUT2D eigenvalue weighted by Gasteiger charge is -2.30. The van der Waals surface area contributed by atoms with Crippen LogP contribution >= 0.6 is 0 Å². The number of ether oxygens (including phenoxy) is 1. The fraction of sp³-hybridized carbons (Fsp3) is 0.375. The summed E-state index contributed by atoms with van der Waals surface area (Å²) >= 11 is 0. The van der Waals surface area contributed by atoms with Crippen LogP contribution in [0.4, 0.5) is 11.6 Å². The molecule has 0 radical (unpaired) electrons. The number of benzene rings is 1. The van der Waals surface area contributed by atoms with E-state index in [1.807, 2.05) is 49.9 Å². The first-order chi connectivity index (χ1) is 15.9. The molecule has 1 N–H and O–H groups in total. The summed E-state index contributed by atoms with van der Waals surface area (Å²) < 4.78 is 7.11. The monoisotopic (exact) mass is 448 g/mol. The van der Waals surface area contributed by atoms with Crippen LogP contribution in [0.15, 0.2) is 42.7 Å². The van der Waals surface area contributed by atoms with Gasteiger partial charge in [0.15, 0.2) is 6.61 Å². The minimum atomic E-state index is -0.381. The highest BCUT2D eigenvalue weighted by atomic mass is 16.5. The third kappa shape index (κ3) is 5.19. The molecule has 0 spiro atoms. The van der Waals surface area contributed by atoms with Gasteiger partial charge in [-0.2, -0.15) is 5.10 Å². The van der Waals surface area contributed by atoms with E-state index in [-0.39, 0.29) is 24.4 Å². The number of carbonyl (C=O) groups excluding carboxylic acids is 2. The smallest absolute Gasteiger partial charge is 0.309 e. The number of amides is 1. The highest BCUT2D eigenvalue weighted by molar-refractivity contribution is 5.94. The SMILES string of the molecule is Cc1ccc(-n2nc(C)c(NC(=O)COC(=O)C3CCN(c4ncccn4)CC3)c2C)cc1. The second-order valence-electron chi connectivity index (χ2n) is 8.26. The van der Waals surface area contributed by atoms with Gasteiger partial charge < -0.3 is 15.0 Å². The predicted molar refractivity (Wildman–Crippen MR) is 124 cm³/mol. The molecule has 33 heavy (non-hydrogen) atoms. The zero-order valence-corrected chi connectivity index (χ0v) is 19.1. The number of aryl methyl sites for hydroxylation is 2. The summed E-state index contributed by atoms with van der Waals surface area (Å²) in [6.07, 6.45) is 4.69. The molecular weight excluding hydrogens is 420 g/mol. The normalized spacial score (nSPS) is 14.2. The molecule has 1 amide bonds. The number of piperidine rings is 1. The van der Waals surface area contributed by atoms with Gasteiger partial charge >= 0.3 is 5.97 Å². The van der Waals surface area contributed by atoms with Crippen molar-refractivity contribution >= 4 is 23.5 Å². The van der Waals surface area contributed by atoms with Gasteiger partial charge in [-0.1, -0.05) is 17.7 Å². The van der Waals surface area contributed by atoms with Gasteiger partial charge in [-0.25, -0.2) is 14.6 Å². The Kier molecular flexibility index (Phi) is 6.67. The quantitative estimate of drug-likeness (QED) is 0.578. The van der Waals surface area contributed by atoms with Crippen LogP contribution in [0, 0.1) is 26.7 Å². The number of anilines is 2. The fourth-order valence-electron chi connectivity index (χ4n) is 3.96. The van der Waals surface area contributed by atoms with E-state index < -0.39 is 0 Å². The largest absolute Gasteiger partial charge is 0.455 e. The van der Waals surface area contributed by atoms with E-state index >= 15 is 0 Å².